The molecule has 0 unspecified atom stereocenters. The Labute approximate surface area is 167 Å². The summed E-state index contributed by atoms with van der Waals surface area (Å²) in [5, 5.41) is 2.86. The maximum absolute atomic E-state index is 13.1. The van der Waals surface area contributed by atoms with Crippen molar-refractivity contribution < 1.29 is 9.59 Å². The Kier molecular flexibility index (Phi) is 6.04. The molecule has 0 saturated carbocycles. The van der Waals surface area contributed by atoms with Gasteiger partial charge in [-0.1, -0.05) is 42.5 Å². The number of carbonyl (C=O) groups is 2. The first-order valence-corrected chi connectivity index (χ1v) is 9.43. The normalized spacial score (nSPS) is 10.3. The molecule has 0 fully saturated rings. The monoisotopic (exact) mass is 422 g/mol. The molecule has 0 bridgehead atoms. The quantitative estimate of drug-likeness (QED) is 0.600. The molecule has 2 amide bonds. The van der Waals surface area contributed by atoms with Crippen LogP contribution in [0.15, 0.2) is 83.3 Å². The number of halogens is 1. The van der Waals surface area contributed by atoms with Gasteiger partial charge in [-0.05, 0) is 59.3 Å². The average Bonchev–Trinajstić information content (AvgIpc) is 2.70. The number of nitrogens with zero attached hydrogens (tertiary/aromatic N) is 1. The molecule has 0 heterocycles. The molecule has 0 aliphatic carbocycles. The molecule has 0 aromatic heterocycles. The van der Waals surface area contributed by atoms with E-state index in [0.717, 1.165) is 5.69 Å². The number of para-hydroxylation sites is 2. The molecule has 0 aliphatic rings. The third-order valence-electron chi connectivity index (χ3n) is 4.15. The second kappa shape index (κ2) is 8.64. The van der Waals surface area contributed by atoms with E-state index >= 15 is 0 Å². The van der Waals surface area contributed by atoms with Crippen molar-refractivity contribution in [2.24, 2.45) is 0 Å². The topological polar surface area (TPSA) is 49.4 Å². The first kappa shape index (κ1) is 18.9. The molecule has 0 atom stereocenters. The van der Waals surface area contributed by atoms with Crippen LogP contribution < -0.4 is 10.2 Å². The third-order valence-corrected chi connectivity index (χ3v) is 4.84. The smallest absolute Gasteiger partial charge is 0.260 e. The SMILES string of the molecule is CCN(C(=O)c1ccccc1NC(=O)c1ccccc1Br)c1ccccc1. The van der Waals surface area contributed by atoms with Crippen LogP contribution >= 0.6 is 15.9 Å². The van der Waals surface area contributed by atoms with E-state index in [9.17, 15) is 9.59 Å². The molecular formula is C22H19BrN2O2. The van der Waals surface area contributed by atoms with Crippen molar-refractivity contribution >= 4 is 39.1 Å². The lowest BCUT2D eigenvalue weighted by atomic mass is 10.1. The van der Waals surface area contributed by atoms with Gasteiger partial charge in [0.05, 0.1) is 16.8 Å². The van der Waals surface area contributed by atoms with Gasteiger partial charge in [-0.2, -0.15) is 0 Å². The summed E-state index contributed by atoms with van der Waals surface area (Å²) < 4.78 is 0.700. The van der Waals surface area contributed by atoms with E-state index < -0.39 is 0 Å². The van der Waals surface area contributed by atoms with Crippen molar-refractivity contribution in [1.82, 2.24) is 0 Å². The molecule has 0 radical (unpaired) electrons. The van der Waals surface area contributed by atoms with Gasteiger partial charge in [-0.3, -0.25) is 9.59 Å². The van der Waals surface area contributed by atoms with Gasteiger partial charge in [0.15, 0.2) is 0 Å². The van der Waals surface area contributed by atoms with E-state index in [-0.39, 0.29) is 11.8 Å². The molecule has 4 nitrogen and oxygen atoms in total. The van der Waals surface area contributed by atoms with Crippen molar-refractivity contribution in [2.45, 2.75) is 6.92 Å². The largest absolute Gasteiger partial charge is 0.321 e. The van der Waals surface area contributed by atoms with Crippen LogP contribution in [0.3, 0.4) is 0 Å². The van der Waals surface area contributed by atoms with Crippen molar-refractivity contribution in [3.05, 3.63) is 94.5 Å². The lowest BCUT2D eigenvalue weighted by Gasteiger charge is -2.22. The molecule has 3 rings (SSSR count). The first-order valence-electron chi connectivity index (χ1n) is 8.63. The summed E-state index contributed by atoms with van der Waals surface area (Å²) in [6.45, 7) is 2.45. The van der Waals surface area contributed by atoms with Crippen LogP contribution in [0, 0.1) is 0 Å². The Balaban J connectivity index is 1.91. The standard InChI is InChI=1S/C22H19BrN2O2/c1-2-25(16-10-4-3-5-11-16)22(27)18-13-7-9-15-20(18)24-21(26)17-12-6-8-14-19(17)23/h3-15H,2H2,1H3,(H,24,26). The highest BCUT2D eigenvalue weighted by molar-refractivity contribution is 9.10. The van der Waals surface area contributed by atoms with Crippen LogP contribution in [0.25, 0.3) is 0 Å². The highest BCUT2D eigenvalue weighted by Crippen LogP contribution is 2.23. The minimum Gasteiger partial charge on any atom is -0.321 e. The van der Waals surface area contributed by atoms with Gasteiger partial charge in [0.25, 0.3) is 11.8 Å². The lowest BCUT2D eigenvalue weighted by Crippen LogP contribution is -2.31. The van der Waals surface area contributed by atoms with Crippen molar-refractivity contribution in [1.29, 1.82) is 0 Å². The minimum absolute atomic E-state index is 0.160. The van der Waals surface area contributed by atoms with Gasteiger partial charge in [0, 0.05) is 16.7 Å². The van der Waals surface area contributed by atoms with Crippen molar-refractivity contribution in [3.8, 4) is 0 Å². The molecule has 3 aromatic rings. The Morgan fingerprint density at radius 1 is 0.852 bits per heavy atom. The number of benzene rings is 3. The summed E-state index contributed by atoms with van der Waals surface area (Å²) in [6.07, 6.45) is 0. The molecule has 0 saturated heterocycles. The fourth-order valence-electron chi connectivity index (χ4n) is 2.81. The lowest BCUT2D eigenvalue weighted by molar-refractivity contribution is 0.0989. The summed E-state index contributed by atoms with van der Waals surface area (Å²) in [4.78, 5) is 27.5. The molecule has 136 valence electrons. The number of hydrogen-bond donors (Lipinski definition) is 1. The van der Waals surface area contributed by atoms with E-state index in [0.29, 0.717) is 27.8 Å². The van der Waals surface area contributed by atoms with Gasteiger partial charge >= 0.3 is 0 Å². The molecule has 0 aliphatic heterocycles. The fourth-order valence-corrected chi connectivity index (χ4v) is 3.28. The number of hydrogen-bond acceptors (Lipinski definition) is 2. The van der Waals surface area contributed by atoms with Crippen LogP contribution in [0.4, 0.5) is 11.4 Å². The summed E-state index contributed by atoms with van der Waals surface area (Å²) in [6, 6.07) is 23.7. The summed E-state index contributed by atoms with van der Waals surface area (Å²) in [5.74, 6) is -0.433. The van der Waals surface area contributed by atoms with Gasteiger partial charge < -0.3 is 10.2 Å². The van der Waals surface area contributed by atoms with E-state index in [4.69, 9.17) is 0 Å². The first-order chi connectivity index (χ1) is 13.1. The van der Waals surface area contributed by atoms with Gasteiger partial charge in [-0.15, -0.1) is 0 Å². The van der Waals surface area contributed by atoms with Crippen molar-refractivity contribution in [2.75, 3.05) is 16.8 Å². The number of rotatable bonds is 5. The molecule has 5 heteroatoms. The minimum atomic E-state index is -0.273. The van der Waals surface area contributed by atoms with Gasteiger partial charge in [-0.25, -0.2) is 0 Å². The second-order valence-corrected chi connectivity index (χ2v) is 6.72. The predicted molar refractivity (Wildman–Crippen MR) is 112 cm³/mol. The second-order valence-electron chi connectivity index (χ2n) is 5.86. The molecule has 3 aromatic carbocycles. The van der Waals surface area contributed by atoms with Crippen LogP contribution in [-0.2, 0) is 0 Å². The Bertz CT molecular complexity index is 957. The third kappa shape index (κ3) is 4.26. The predicted octanol–water partition coefficient (Wildman–Crippen LogP) is 5.37. The summed E-state index contributed by atoms with van der Waals surface area (Å²) in [5.41, 5.74) is 2.26. The van der Waals surface area contributed by atoms with E-state index in [1.54, 1.807) is 47.4 Å². The maximum Gasteiger partial charge on any atom is 0.260 e. The van der Waals surface area contributed by atoms with Gasteiger partial charge in [0.1, 0.15) is 0 Å². The van der Waals surface area contributed by atoms with Gasteiger partial charge in [0.2, 0.25) is 0 Å². The highest BCUT2D eigenvalue weighted by atomic mass is 79.9. The van der Waals surface area contributed by atoms with Crippen LogP contribution in [-0.4, -0.2) is 18.4 Å². The Morgan fingerprint density at radius 2 is 1.44 bits per heavy atom. The van der Waals surface area contributed by atoms with Crippen molar-refractivity contribution in [3.63, 3.8) is 0 Å². The Hall–Kier alpha value is -2.92. The zero-order valence-electron chi connectivity index (χ0n) is 14.9. The van der Waals surface area contributed by atoms with Crippen LogP contribution in [0.2, 0.25) is 0 Å². The van der Waals surface area contributed by atoms with E-state index in [2.05, 4.69) is 21.2 Å². The molecule has 1 N–H and O–H groups in total. The zero-order chi connectivity index (χ0) is 19.2. The number of anilines is 2. The molecule has 0 spiro atoms. The zero-order valence-corrected chi connectivity index (χ0v) is 16.4. The van der Waals surface area contributed by atoms with Crippen LogP contribution in [0.1, 0.15) is 27.6 Å². The highest BCUT2D eigenvalue weighted by Gasteiger charge is 2.20. The maximum atomic E-state index is 13.1. The molecular weight excluding hydrogens is 404 g/mol. The van der Waals surface area contributed by atoms with Crippen LogP contribution in [0.5, 0.6) is 0 Å². The fraction of sp³-hybridized carbons (Fsp3) is 0.0909. The number of amides is 2. The summed E-state index contributed by atoms with van der Waals surface area (Å²) >= 11 is 3.39. The summed E-state index contributed by atoms with van der Waals surface area (Å²) in [7, 11) is 0. The van der Waals surface area contributed by atoms with E-state index in [1.165, 1.54) is 0 Å². The number of carbonyl (C=O) groups excluding carboxylic acids is 2. The Morgan fingerprint density at radius 3 is 2.11 bits per heavy atom. The average molecular weight is 423 g/mol. The number of nitrogens with one attached hydrogen (secondary N) is 1. The van der Waals surface area contributed by atoms with E-state index in [1.807, 2.05) is 43.3 Å². The molecule has 27 heavy (non-hydrogen) atoms.